The number of alkyl halides is 2. The predicted molar refractivity (Wildman–Crippen MR) is 27.1 cm³/mol. The molecule has 0 rings (SSSR count). The summed E-state index contributed by atoms with van der Waals surface area (Å²) in [5.41, 5.74) is 0.796. The molecule has 0 aliphatic rings. The second-order valence-electron chi connectivity index (χ2n) is 0.990. The predicted octanol–water partition coefficient (Wildman–Crippen LogP) is 1.50. The summed E-state index contributed by atoms with van der Waals surface area (Å²) in [4.78, 5) is 9.98. The van der Waals surface area contributed by atoms with E-state index in [1.165, 1.54) is 0 Å². The fourth-order valence-electron chi connectivity index (χ4n) is 0.179. The van der Waals surface area contributed by atoms with E-state index in [4.69, 9.17) is 11.6 Å². The van der Waals surface area contributed by atoms with Crippen LogP contribution in [0.5, 0.6) is 0 Å². The zero-order valence-electron chi connectivity index (χ0n) is 4.18. The average Bonchev–Trinajstić information content (AvgIpc) is 1.63. The SMILES string of the molecule is O=C(C=CCl)OC(F)F. The smallest absolute Gasteiger partial charge is 0.389 e. The van der Waals surface area contributed by atoms with Crippen molar-refractivity contribution in [3.63, 3.8) is 0 Å². The fourth-order valence-corrected chi connectivity index (χ4v) is 0.281. The summed E-state index contributed by atoms with van der Waals surface area (Å²) < 4.78 is 25.5. The third kappa shape index (κ3) is 5.23. The molecule has 0 atom stereocenters. The van der Waals surface area contributed by atoms with Gasteiger partial charge in [-0.1, -0.05) is 11.6 Å². The van der Waals surface area contributed by atoms with Crippen LogP contribution in [0.3, 0.4) is 0 Å². The van der Waals surface area contributed by atoms with Crippen molar-refractivity contribution in [2.45, 2.75) is 6.61 Å². The van der Waals surface area contributed by atoms with Crippen molar-refractivity contribution in [1.82, 2.24) is 0 Å². The zero-order chi connectivity index (χ0) is 7.28. The molecule has 52 valence electrons. The van der Waals surface area contributed by atoms with Gasteiger partial charge in [-0.25, -0.2) is 4.79 Å². The lowest BCUT2D eigenvalue weighted by atomic mass is 10.7. The number of ether oxygens (including phenoxy) is 1. The van der Waals surface area contributed by atoms with E-state index in [9.17, 15) is 13.6 Å². The van der Waals surface area contributed by atoms with Crippen LogP contribution in [0.1, 0.15) is 0 Å². The molecule has 0 amide bonds. The van der Waals surface area contributed by atoms with Gasteiger partial charge in [-0.05, 0) is 0 Å². The van der Waals surface area contributed by atoms with Crippen LogP contribution >= 0.6 is 11.6 Å². The molecule has 0 spiro atoms. The number of rotatable bonds is 2. The minimum atomic E-state index is -3.08. The molecular weight excluding hydrogens is 153 g/mol. The second kappa shape index (κ2) is 4.26. The van der Waals surface area contributed by atoms with E-state index < -0.39 is 12.6 Å². The molecule has 0 aromatic rings. The molecule has 0 aliphatic heterocycles. The standard InChI is InChI=1S/C4H3ClF2O2/c5-2-1-3(8)9-4(6)7/h1-2,4H. The maximum absolute atomic E-state index is 11.1. The summed E-state index contributed by atoms with van der Waals surface area (Å²) in [7, 11) is 0. The normalized spacial score (nSPS) is 10.7. The van der Waals surface area contributed by atoms with Crippen LogP contribution in [0.15, 0.2) is 11.6 Å². The Kier molecular flexibility index (Phi) is 3.96. The molecule has 0 aromatic carbocycles. The second-order valence-corrected chi connectivity index (χ2v) is 1.24. The summed E-state index contributed by atoms with van der Waals surface area (Å²) in [5.74, 6) is -1.15. The summed E-state index contributed by atoms with van der Waals surface area (Å²) in [6, 6.07) is 0. The van der Waals surface area contributed by atoms with Gasteiger partial charge in [0.2, 0.25) is 0 Å². The highest BCUT2D eigenvalue weighted by molar-refractivity contribution is 6.26. The Balaban J connectivity index is 3.51. The van der Waals surface area contributed by atoms with Gasteiger partial charge in [-0.3, -0.25) is 0 Å². The number of carbonyl (C=O) groups excluding carboxylic acids is 1. The molecule has 0 radical (unpaired) electrons. The summed E-state index contributed by atoms with van der Waals surface area (Å²) in [6.07, 6.45) is 0.688. The van der Waals surface area contributed by atoms with E-state index in [-0.39, 0.29) is 0 Å². The number of halogens is 3. The van der Waals surface area contributed by atoms with Crippen molar-refractivity contribution in [3.8, 4) is 0 Å². The van der Waals surface area contributed by atoms with E-state index in [1.807, 2.05) is 0 Å². The number of esters is 1. The number of hydrogen-bond acceptors (Lipinski definition) is 2. The lowest BCUT2D eigenvalue weighted by molar-refractivity contribution is -0.169. The highest BCUT2D eigenvalue weighted by Crippen LogP contribution is 1.95. The molecule has 9 heavy (non-hydrogen) atoms. The first-order valence-electron chi connectivity index (χ1n) is 1.92. The fraction of sp³-hybridized carbons (Fsp3) is 0.250. The van der Waals surface area contributed by atoms with Gasteiger partial charge in [0.15, 0.2) is 0 Å². The van der Waals surface area contributed by atoms with Gasteiger partial charge in [0.05, 0.1) is 0 Å². The van der Waals surface area contributed by atoms with Gasteiger partial charge >= 0.3 is 12.6 Å². The topological polar surface area (TPSA) is 26.3 Å². The van der Waals surface area contributed by atoms with Crippen LogP contribution in [0, 0.1) is 0 Å². The minimum Gasteiger partial charge on any atom is -0.400 e. The van der Waals surface area contributed by atoms with Gasteiger partial charge in [0, 0.05) is 11.6 Å². The summed E-state index contributed by atoms with van der Waals surface area (Å²) in [5, 5.41) is 0. The van der Waals surface area contributed by atoms with E-state index >= 15 is 0 Å². The molecule has 0 unspecified atom stereocenters. The molecule has 0 bridgehead atoms. The maximum atomic E-state index is 11.1. The third-order valence-electron chi connectivity index (χ3n) is 0.404. The van der Waals surface area contributed by atoms with Crippen LogP contribution in [-0.4, -0.2) is 12.6 Å². The van der Waals surface area contributed by atoms with Gasteiger partial charge in [-0.15, -0.1) is 0 Å². The number of hydrogen-bond donors (Lipinski definition) is 0. The average molecular weight is 157 g/mol. The van der Waals surface area contributed by atoms with Crippen LogP contribution in [0.25, 0.3) is 0 Å². The zero-order valence-corrected chi connectivity index (χ0v) is 4.94. The molecule has 0 N–H and O–H groups in total. The largest absolute Gasteiger partial charge is 0.400 e. The molecular formula is C4H3ClF2O2. The summed E-state index contributed by atoms with van der Waals surface area (Å²) >= 11 is 4.85. The quantitative estimate of drug-likeness (QED) is 0.447. The van der Waals surface area contributed by atoms with Crippen LogP contribution in [0.2, 0.25) is 0 Å². The van der Waals surface area contributed by atoms with E-state index in [0.29, 0.717) is 6.08 Å². The molecule has 0 aliphatic carbocycles. The Hall–Kier alpha value is -0.640. The number of carbonyl (C=O) groups is 1. The Bertz CT molecular complexity index is 124. The van der Waals surface area contributed by atoms with E-state index in [1.54, 1.807) is 0 Å². The van der Waals surface area contributed by atoms with Crippen LogP contribution in [0.4, 0.5) is 8.78 Å². The Morgan fingerprint density at radius 3 is 2.56 bits per heavy atom. The third-order valence-corrected chi connectivity index (χ3v) is 0.530. The first-order chi connectivity index (χ1) is 4.16. The van der Waals surface area contributed by atoms with Crippen molar-refractivity contribution < 1.29 is 18.3 Å². The Morgan fingerprint density at radius 1 is 1.67 bits per heavy atom. The van der Waals surface area contributed by atoms with Crippen molar-refractivity contribution in [3.05, 3.63) is 11.6 Å². The molecule has 0 fully saturated rings. The Labute approximate surface area is 55.1 Å². The first kappa shape index (κ1) is 8.36. The molecule has 5 heteroatoms. The Morgan fingerprint density at radius 2 is 2.22 bits per heavy atom. The highest BCUT2D eigenvalue weighted by atomic mass is 35.5. The molecule has 0 saturated carbocycles. The van der Waals surface area contributed by atoms with Crippen molar-refractivity contribution in [2.75, 3.05) is 0 Å². The highest BCUT2D eigenvalue weighted by Gasteiger charge is 2.05. The summed E-state index contributed by atoms with van der Waals surface area (Å²) in [6.45, 7) is -3.08. The van der Waals surface area contributed by atoms with Gasteiger partial charge < -0.3 is 4.74 Å². The van der Waals surface area contributed by atoms with Gasteiger partial charge in [0.25, 0.3) is 0 Å². The molecule has 0 heterocycles. The monoisotopic (exact) mass is 156 g/mol. The lowest BCUT2D eigenvalue weighted by Gasteiger charge is -1.95. The molecule has 2 nitrogen and oxygen atoms in total. The van der Waals surface area contributed by atoms with Gasteiger partial charge in [-0.2, -0.15) is 8.78 Å². The van der Waals surface area contributed by atoms with Crippen molar-refractivity contribution in [2.24, 2.45) is 0 Å². The van der Waals surface area contributed by atoms with E-state index in [0.717, 1.165) is 5.54 Å². The molecule has 0 saturated heterocycles. The maximum Gasteiger partial charge on any atom is 0.389 e. The van der Waals surface area contributed by atoms with Crippen molar-refractivity contribution >= 4 is 17.6 Å². The van der Waals surface area contributed by atoms with Gasteiger partial charge in [0.1, 0.15) is 0 Å². The van der Waals surface area contributed by atoms with Crippen molar-refractivity contribution in [1.29, 1.82) is 0 Å². The first-order valence-corrected chi connectivity index (χ1v) is 2.36. The van der Waals surface area contributed by atoms with Crippen LogP contribution in [-0.2, 0) is 9.53 Å². The van der Waals surface area contributed by atoms with E-state index in [2.05, 4.69) is 4.74 Å². The van der Waals surface area contributed by atoms with Crippen LogP contribution < -0.4 is 0 Å². The minimum absolute atomic E-state index is 0.688. The molecule has 0 aromatic heterocycles. The lowest BCUT2D eigenvalue weighted by Crippen LogP contribution is -2.05.